The number of aromatic nitrogens is 1. The van der Waals surface area contributed by atoms with Crippen molar-refractivity contribution in [3.8, 4) is 17.0 Å². The van der Waals surface area contributed by atoms with Gasteiger partial charge in [-0.05, 0) is 23.8 Å². The van der Waals surface area contributed by atoms with Crippen LogP contribution in [-0.2, 0) is 6.42 Å². The number of thiazole rings is 1. The van der Waals surface area contributed by atoms with E-state index in [9.17, 15) is 0 Å². The fraction of sp³-hybridized carbons (Fsp3) is 0.118. The summed E-state index contributed by atoms with van der Waals surface area (Å²) in [6.45, 7) is 0. The Morgan fingerprint density at radius 3 is 2.67 bits per heavy atom. The van der Waals surface area contributed by atoms with Gasteiger partial charge in [-0.25, -0.2) is 4.98 Å². The third-order valence-corrected chi connectivity index (χ3v) is 4.12. The predicted molar refractivity (Wildman–Crippen MR) is 87.8 cm³/mol. The highest BCUT2D eigenvalue weighted by Crippen LogP contribution is 2.29. The molecule has 2 aromatic carbocycles. The zero-order valence-electron chi connectivity index (χ0n) is 11.7. The minimum atomic E-state index is 0.632. The van der Waals surface area contributed by atoms with Gasteiger partial charge in [0.2, 0.25) is 0 Å². The Kier molecular flexibility index (Phi) is 3.88. The quantitative estimate of drug-likeness (QED) is 0.740. The molecule has 1 aromatic heterocycles. The molecule has 1 heterocycles. The number of hydrogen-bond acceptors (Lipinski definition) is 4. The van der Waals surface area contributed by atoms with Crippen LogP contribution in [0.1, 0.15) is 10.6 Å². The average molecular weight is 296 g/mol. The van der Waals surface area contributed by atoms with Crippen LogP contribution in [0, 0.1) is 0 Å². The minimum Gasteiger partial charge on any atom is -0.495 e. The molecule has 0 fully saturated rings. The third kappa shape index (κ3) is 3.06. The molecule has 0 radical (unpaired) electrons. The Bertz CT molecular complexity index is 738. The lowest BCUT2D eigenvalue weighted by molar-refractivity contribution is 0.417. The van der Waals surface area contributed by atoms with E-state index in [0.29, 0.717) is 11.4 Å². The third-order valence-electron chi connectivity index (χ3n) is 3.28. The SMILES string of the molecule is COc1ccc(-c2csc(Cc3ccccc3)n2)cc1N. The molecule has 0 aliphatic rings. The highest BCUT2D eigenvalue weighted by molar-refractivity contribution is 7.10. The predicted octanol–water partition coefficient (Wildman–Crippen LogP) is 3.99. The molecule has 0 spiro atoms. The van der Waals surface area contributed by atoms with Gasteiger partial charge in [0.25, 0.3) is 0 Å². The summed E-state index contributed by atoms with van der Waals surface area (Å²) in [4.78, 5) is 4.69. The lowest BCUT2D eigenvalue weighted by atomic mass is 10.1. The number of benzene rings is 2. The van der Waals surface area contributed by atoms with E-state index in [1.54, 1.807) is 18.4 Å². The van der Waals surface area contributed by atoms with Gasteiger partial charge in [-0.3, -0.25) is 0 Å². The van der Waals surface area contributed by atoms with Crippen LogP contribution in [0.3, 0.4) is 0 Å². The fourth-order valence-corrected chi connectivity index (χ4v) is 3.03. The zero-order valence-corrected chi connectivity index (χ0v) is 12.6. The van der Waals surface area contributed by atoms with Gasteiger partial charge in [0.15, 0.2) is 0 Å². The monoisotopic (exact) mass is 296 g/mol. The first-order valence-electron chi connectivity index (χ1n) is 6.68. The summed E-state index contributed by atoms with van der Waals surface area (Å²) in [6, 6.07) is 16.1. The summed E-state index contributed by atoms with van der Waals surface area (Å²) in [5.74, 6) is 0.693. The highest BCUT2D eigenvalue weighted by Gasteiger charge is 2.07. The maximum absolute atomic E-state index is 5.95. The number of methoxy groups -OCH3 is 1. The van der Waals surface area contributed by atoms with Gasteiger partial charge in [-0.15, -0.1) is 11.3 Å². The van der Waals surface area contributed by atoms with E-state index in [0.717, 1.165) is 22.7 Å². The molecule has 106 valence electrons. The minimum absolute atomic E-state index is 0.632. The smallest absolute Gasteiger partial charge is 0.141 e. The molecular weight excluding hydrogens is 280 g/mol. The average Bonchev–Trinajstić information content (AvgIpc) is 2.97. The van der Waals surface area contributed by atoms with Gasteiger partial charge in [0, 0.05) is 17.4 Å². The molecule has 0 amide bonds. The number of nitrogens with zero attached hydrogens (tertiary/aromatic N) is 1. The lowest BCUT2D eigenvalue weighted by Crippen LogP contribution is -1.93. The second-order valence-corrected chi connectivity index (χ2v) is 5.69. The number of nitrogens with two attached hydrogens (primary N) is 1. The molecule has 0 saturated carbocycles. The lowest BCUT2D eigenvalue weighted by Gasteiger charge is -2.05. The van der Waals surface area contributed by atoms with Crippen molar-refractivity contribution < 1.29 is 4.74 Å². The van der Waals surface area contributed by atoms with Crippen LogP contribution in [0.25, 0.3) is 11.3 Å². The molecule has 0 unspecified atom stereocenters. The number of nitrogen functional groups attached to an aromatic ring is 1. The first-order valence-corrected chi connectivity index (χ1v) is 7.56. The van der Waals surface area contributed by atoms with E-state index in [4.69, 9.17) is 15.5 Å². The maximum atomic E-state index is 5.95. The Morgan fingerprint density at radius 1 is 1.14 bits per heavy atom. The van der Waals surface area contributed by atoms with Crippen molar-refractivity contribution in [2.75, 3.05) is 12.8 Å². The van der Waals surface area contributed by atoms with E-state index in [2.05, 4.69) is 17.5 Å². The summed E-state index contributed by atoms with van der Waals surface area (Å²) in [5.41, 5.74) is 9.83. The van der Waals surface area contributed by atoms with E-state index in [1.807, 2.05) is 36.4 Å². The summed E-state index contributed by atoms with van der Waals surface area (Å²) in [6.07, 6.45) is 0.858. The second-order valence-electron chi connectivity index (χ2n) is 4.75. The van der Waals surface area contributed by atoms with Crippen LogP contribution in [0.15, 0.2) is 53.9 Å². The van der Waals surface area contributed by atoms with Crippen LogP contribution in [-0.4, -0.2) is 12.1 Å². The van der Waals surface area contributed by atoms with Crippen molar-refractivity contribution in [2.45, 2.75) is 6.42 Å². The molecule has 21 heavy (non-hydrogen) atoms. The zero-order chi connectivity index (χ0) is 14.7. The number of ether oxygens (including phenoxy) is 1. The van der Waals surface area contributed by atoms with Crippen LogP contribution in [0.2, 0.25) is 0 Å². The molecule has 2 N–H and O–H groups in total. The molecule has 4 heteroatoms. The molecular formula is C17H16N2OS. The van der Waals surface area contributed by atoms with Gasteiger partial charge in [-0.1, -0.05) is 30.3 Å². The Morgan fingerprint density at radius 2 is 1.95 bits per heavy atom. The molecule has 3 rings (SSSR count). The summed E-state index contributed by atoms with van der Waals surface area (Å²) < 4.78 is 5.18. The fourth-order valence-electron chi connectivity index (χ4n) is 2.19. The van der Waals surface area contributed by atoms with Crippen molar-refractivity contribution >= 4 is 17.0 Å². The van der Waals surface area contributed by atoms with Gasteiger partial charge < -0.3 is 10.5 Å². The van der Waals surface area contributed by atoms with E-state index < -0.39 is 0 Å². The number of anilines is 1. The normalized spacial score (nSPS) is 10.5. The summed E-state index contributed by atoms with van der Waals surface area (Å²) in [5, 5.41) is 3.17. The molecule has 0 bridgehead atoms. The molecule has 0 aliphatic heterocycles. The van der Waals surface area contributed by atoms with Gasteiger partial charge >= 0.3 is 0 Å². The van der Waals surface area contributed by atoms with Crippen molar-refractivity contribution in [1.29, 1.82) is 0 Å². The largest absolute Gasteiger partial charge is 0.495 e. The van der Waals surface area contributed by atoms with Crippen LogP contribution < -0.4 is 10.5 Å². The van der Waals surface area contributed by atoms with E-state index in [1.165, 1.54) is 5.56 Å². The van der Waals surface area contributed by atoms with Crippen molar-refractivity contribution in [1.82, 2.24) is 4.98 Å². The molecule has 0 atom stereocenters. The number of rotatable bonds is 4. The Labute approximate surface area is 128 Å². The summed E-state index contributed by atoms with van der Waals surface area (Å²) in [7, 11) is 1.62. The molecule has 0 aliphatic carbocycles. The van der Waals surface area contributed by atoms with Crippen LogP contribution in [0.5, 0.6) is 5.75 Å². The molecule has 0 saturated heterocycles. The Balaban J connectivity index is 1.83. The Hall–Kier alpha value is -2.33. The van der Waals surface area contributed by atoms with E-state index >= 15 is 0 Å². The summed E-state index contributed by atoms with van der Waals surface area (Å²) >= 11 is 1.67. The standard InChI is InChI=1S/C17H16N2OS/c1-20-16-8-7-13(10-14(16)18)15-11-21-17(19-15)9-12-5-3-2-4-6-12/h2-8,10-11H,9,18H2,1H3. The first-order chi connectivity index (χ1) is 10.3. The first kappa shape index (κ1) is 13.6. The topological polar surface area (TPSA) is 48.1 Å². The van der Waals surface area contributed by atoms with Crippen molar-refractivity contribution in [3.05, 3.63) is 64.5 Å². The molecule has 3 nitrogen and oxygen atoms in total. The van der Waals surface area contributed by atoms with E-state index in [-0.39, 0.29) is 0 Å². The second kappa shape index (κ2) is 5.97. The van der Waals surface area contributed by atoms with Gasteiger partial charge in [0.05, 0.1) is 23.5 Å². The van der Waals surface area contributed by atoms with Crippen LogP contribution >= 0.6 is 11.3 Å². The van der Waals surface area contributed by atoms with Gasteiger partial charge in [-0.2, -0.15) is 0 Å². The van der Waals surface area contributed by atoms with Crippen LogP contribution in [0.4, 0.5) is 5.69 Å². The molecule has 3 aromatic rings. The highest BCUT2D eigenvalue weighted by atomic mass is 32.1. The van der Waals surface area contributed by atoms with Crippen molar-refractivity contribution in [3.63, 3.8) is 0 Å². The van der Waals surface area contributed by atoms with Gasteiger partial charge in [0.1, 0.15) is 5.75 Å². The maximum Gasteiger partial charge on any atom is 0.141 e. The van der Waals surface area contributed by atoms with Crippen molar-refractivity contribution in [2.24, 2.45) is 0 Å². The number of hydrogen-bond donors (Lipinski definition) is 1.